The van der Waals surface area contributed by atoms with Crippen molar-refractivity contribution in [2.45, 2.75) is 70.1 Å². The largest absolute Gasteiger partial charge is 0.379 e. The van der Waals surface area contributed by atoms with Gasteiger partial charge in [-0.3, -0.25) is 9.47 Å². The third-order valence-corrected chi connectivity index (χ3v) is 6.84. The van der Waals surface area contributed by atoms with Crippen LogP contribution in [-0.4, -0.2) is 45.8 Å². The van der Waals surface area contributed by atoms with Crippen molar-refractivity contribution in [2.24, 2.45) is 0 Å². The first-order valence-corrected chi connectivity index (χ1v) is 10.5. The van der Waals surface area contributed by atoms with E-state index < -0.39 is 0 Å². The number of H-pyrrole nitrogens is 1. The maximum absolute atomic E-state index is 12.6. The van der Waals surface area contributed by atoms with Crippen LogP contribution in [0.1, 0.15) is 58.4 Å². The summed E-state index contributed by atoms with van der Waals surface area (Å²) in [6.45, 7) is 14.6. The van der Waals surface area contributed by atoms with Crippen LogP contribution in [0, 0.1) is 6.57 Å². The summed E-state index contributed by atoms with van der Waals surface area (Å²) in [5, 5.41) is 0. The summed E-state index contributed by atoms with van der Waals surface area (Å²) in [5.74, 6) is 0. The molecule has 158 valence electrons. The first-order chi connectivity index (χ1) is 13.5. The number of hydrogen-bond acceptors (Lipinski definition) is 3. The van der Waals surface area contributed by atoms with E-state index in [-0.39, 0.29) is 29.7 Å². The lowest BCUT2D eigenvalue weighted by Gasteiger charge is -2.48. The van der Waals surface area contributed by atoms with Crippen molar-refractivity contribution in [3.05, 3.63) is 40.1 Å². The van der Waals surface area contributed by atoms with Crippen molar-refractivity contribution in [2.75, 3.05) is 19.7 Å². The molecule has 6 nitrogen and oxygen atoms in total. The Morgan fingerprint density at radius 1 is 1.24 bits per heavy atom. The summed E-state index contributed by atoms with van der Waals surface area (Å²) >= 11 is 0. The number of rotatable bonds is 4. The summed E-state index contributed by atoms with van der Waals surface area (Å²) in [5.41, 5.74) is 2.46. The number of halogens is 1. The van der Waals surface area contributed by atoms with Crippen molar-refractivity contribution >= 4 is 29.1 Å². The predicted octanol–water partition coefficient (Wildman–Crippen LogP) is 4.68. The first kappa shape index (κ1) is 21.9. The SMILES string of the molecule is Cl.[C-]#[N+]c1ccc2[nH]c(=O)n(C3CCN(C4(C)CCC(OCC)CC4)CC3)c2c1. The third kappa shape index (κ3) is 4.23. The van der Waals surface area contributed by atoms with Crippen LogP contribution in [0.25, 0.3) is 15.9 Å². The first-order valence-electron chi connectivity index (χ1n) is 10.5. The van der Waals surface area contributed by atoms with Gasteiger partial charge in [-0.15, -0.1) is 12.4 Å². The molecule has 29 heavy (non-hydrogen) atoms. The van der Waals surface area contributed by atoms with E-state index in [4.69, 9.17) is 11.3 Å². The van der Waals surface area contributed by atoms with Gasteiger partial charge >= 0.3 is 5.69 Å². The molecule has 1 saturated heterocycles. The Morgan fingerprint density at radius 2 is 1.93 bits per heavy atom. The van der Waals surface area contributed by atoms with E-state index in [0.717, 1.165) is 56.4 Å². The zero-order valence-electron chi connectivity index (χ0n) is 17.3. The Balaban J connectivity index is 0.00000240. The normalized spacial score (nSPS) is 26.2. The highest BCUT2D eigenvalue weighted by molar-refractivity contribution is 5.85. The second-order valence-electron chi connectivity index (χ2n) is 8.48. The molecule has 0 amide bonds. The molecule has 2 aromatic rings. The van der Waals surface area contributed by atoms with Crippen LogP contribution in [0.2, 0.25) is 0 Å². The standard InChI is InChI=1S/C22H30N4O2.ClH/c1-4-28-18-7-11-22(2,12-8-18)25-13-9-17(10-14-25)26-20-15-16(23-3)5-6-19(20)24-21(26)27;/h5-6,15,17-18H,4,7-14H2,1-2H3,(H,24,27);1H. The van der Waals surface area contributed by atoms with E-state index in [1.165, 1.54) is 12.8 Å². The van der Waals surface area contributed by atoms with Crippen LogP contribution >= 0.6 is 12.4 Å². The van der Waals surface area contributed by atoms with Crippen molar-refractivity contribution in [1.82, 2.24) is 14.5 Å². The number of nitrogens with zero attached hydrogens (tertiary/aromatic N) is 3. The Hall–Kier alpha value is -1.81. The average Bonchev–Trinajstić information content (AvgIpc) is 3.05. The minimum Gasteiger partial charge on any atom is -0.379 e. The lowest BCUT2D eigenvalue weighted by molar-refractivity contribution is -0.0273. The summed E-state index contributed by atoms with van der Waals surface area (Å²) in [4.78, 5) is 21.7. The van der Waals surface area contributed by atoms with Gasteiger partial charge in [-0.25, -0.2) is 9.64 Å². The number of ether oxygens (including phenoxy) is 1. The lowest BCUT2D eigenvalue weighted by atomic mass is 9.79. The van der Waals surface area contributed by atoms with Gasteiger partial charge < -0.3 is 9.72 Å². The summed E-state index contributed by atoms with van der Waals surface area (Å²) in [6.07, 6.45) is 7.03. The van der Waals surface area contributed by atoms with E-state index in [2.05, 4.69) is 28.6 Å². The highest BCUT2D eigenvalue weighted by atomic mass is 35.5. The molecule has 0 spiro atoms. The van der Waals surface area contributed by atoms with Crippen LogP contribution < -0.4 is 5.69 Å². The zero-order valence-corrected chi connectivity index (χ0v) is 18.1. The fourth-order valence-corrected chi connectivity index (χ4v) is 5.14. The van der Waals surface area contributed by atoms with E-state index in [9.17, 15) is 4.79 Å². The zero-order chi connectivity index (χ0) is 19.7. The predicted molar refractivity (Wildman–Crippen MR) is 118 cm³/mol. The number of imidazole rings is 1. The van der Waals surface area contributed by atoms with Gasteiger partial charge in [-0.2, -0.15) is 0 Å². The van der Waals surface area contributed by atoms with Crippen LogP contribution in [0.5, 0.6) is 0 Å². The average molecular weight is 419 g/mol. The Morgan fingerprint density at radius 3 is 2.55 bits per heavy atom. The molecule has 2 aliphatic rings. The maximum atomic E-state index is 12.6. The molecule has 1 aliphatic carbocycles. The molecule has 1 aliphatic heterocycles. The molecule has 0 radical (unpaired) electrons. The second-order valence-corrected chi connectivity index (χ2v) is 8.48. The summed E-state index contributed by atoms with van der Waals surface area (Å²) in [6, 6.07) is 5.63. The van der Waals surface area contributed by atoms with Crippen LogP contribution in [0.3, 0.4) is 0 Å². The highest BCUT2D eigenvalue weighted by Crippen LogP contribution is 2.38. The molecular weight excluding hydrogens is 388 g/mol. The number of aromatic amines is 1. The van der Waals surface area contributed by atoms with E-state index in [1.807, 2.05) is 16.7 Å². The van der Waals surface area contributed by atoms with Gasteiger partial charge in [-0.1, -0.05) is 6.07 Å². The second kappa shape index (κ2) is 8.91. The van der Waals surface area contributed by atoms with Crippen LogP contribution in [0.4, 0.5) is 5.69 Å². The Kier molecular flexibility index (Phi) is 6.72. The quantitative estimate of drug-likeness (QED) is 0.733. The minimum atomic E-state index is -0.0565. The molecule has 0 bridgehead atoms. The molecule has 0 atom stereocenters. The van der Waals surface area contributed by atoms with E-state index in [1.54, 1.807) is 6.07 Å². The number of nitrogens with one attached hydrogen (secondary N) is 1. The monoisotopic (exact) mass is 418 g/mol. The third-order valence-electron chi connectivity index (χ3n) is 6.84. The molecule has 7 heteroatoms. The topological polar surface area (TPSA) is 54.6 Å². The van der Waals surface area contributed by atoms with E-state index in [0.29, 0.717) is 11.8 Å². The number of piperidine rings is 1. The summed E-state index contributed by atoms with van der Waals surface area (Å²) in [7, 11) is 0. The lowest BCUT2D eigenvalue weighted by Crippen LogP contribution is -2.53. The molecule has 4 rings (SSSR count). The van der Waals surface area contributed by atoms with E-state index >= 15 is 0 Å². The molecule has 1 N–H and O–H groups in total. The number of fused-ring (bicyclic) bond motifs is 1. The van der Waals surface area contributed by atoms with Gasteiger partial charge in [0, 0.05) is 31.3 Å². The summed E-state index contributed by atoms with van der Waals surface area (Å²) < 4.78 is 7.71. The van der Waals surface area contributed by atoms with Crippen molar-refractivity contribution in [3.63, 3.8) is 0 Å². The maximum Gasteiger partial charge on any atom is 0.326 e. The number of hydrogen-bond donors (Lipinski definition) is 1. The molecule has 1 saturated carbocycles. The fraction of sp³-hybridized carbons (Fsp3) is 0.636. The van der Waals surface area contributed by atoms with Gasteiger partial charge in [0.15, 0.2) is 5.69 Å². The number of benzene rings is 1. The highest BCUT2D eigenvalue weighted by Gasteiger charge is 2.38. The van der Waals surface area contributed by atoms with Gasteiger partial charge in [0.2, 0.25) is 0 Å². The van der Waals surface area contributed by atoms with Crippen LogP contribution in [-0.2, 0) is 4.74 Å². The van der Waals surface area contributed by atoms with Gasteiger partial charge in [0.05, 0.1) is 23.7 Å². The van der Waals surface area contributed by atoms with Crippen molar-refractivity contribution < 1.29 is 4.74 Å². The molecule has 2 heterocycles. The Labute approximate surface area is 178 Å². The van der Waals surface area contributed by atoms with Crippen molar-refractivity contribution in [1.29, 1.82) is 0 Å². The van der Waals surface area contributed by atoms with Gasteiger partial charge in [0.25, 0.3) is 0 Å². The van der Waals surface area contributed by atoms with Gasteiger partial charge in [0.1, 0.15) is 0 Å². The minimum absolute atomic E-state index is 0. The number of likely N-dealkylation sites (tertiary alicyclic amines) is 1. The molecule has 2 fully saturated rings. The van der Waals surface area contributed by atoms with Crippen LogP contribution in [0.15, 0.2) is 23.0 Å². The smallest absolute Gasteiger partial charge is 0.326 e. The molecular formula is C22H31ClN4O2. The Bertz CT molecular complexity index is 928. The fourth-order valence-electron chi connectivity index (χ4n) is 5.14. The van der Waals surface area contributed by atoms with Crippen molar-refractivity contribution in [3.8, 4) is 0 Å². The molecule has 1 aromatic heterocycles. The molecule has 1 aromatic carbocycles. The van der Waals surface area contributed by atoms with Gasteiger partial charge in [-0.05, 0) is 64.5 Å². The number of aromatic nitrogens is 2. The molecule has 0 unspecified atom stereocenters.